The SMILES string of the molecule is CCc1c(C)nn(C(CNC(C)C)C(C)C)c1C. The van der Waals surface area contributed by atoms with Crippen molar-refractivity contribution in [1.29, 1.82) is 0 Å². The predicted octanol–water partition coefficient (Wildman–Crippen LogP) is 3.26. The van der Waals surface area contributed by atoms with Gasteiger partial charge in [0.2, 0.25) is 0 Å². The number of aryl methyl sites for hydroxylation is 1. The second-order valence-corrected chi connectivity index (χ2v) is 5.82. The van der Waals surface area contributed by atoms with E-state index in [9.17, 15) is 0 Å². The molecule has 0 aromatic carbocycles. The number of nitrogens with zero attached hydrogens (tertiary/aromatic N) is 2. The summed E-state index contributed by atoms with van der Waals surface area (Å²) in [5.74, 6) is 0.582. The zero-order chi connectivity index (χ0) is 13.9. The first-order valence-corrected chi connectivity index (χ1v) is 7.16. The van der Waals surface area contributed by atoms with Crippen molar-refractivity contribution in [3.8, 4) is 0 Å². The first kappa shape index (κ1) is 15.2. The number of hydrogen-bond donors (Lipinski definition) is 1. The topological polar surface area (TPSA) is 29.9 Å². The maximum absolute atomic E-state index is 4.76. The van der Waals surface area contributed by atoms with Gasteiger partial charge in [-0.2, -0.15) is 5.10 Å². The van der Waals surface area contributed by atoms with E-state index in [1.165, 1.54) is 17.0 Å². The van der Waals surface area contributed by atoms with Crippen molar-refractivity contribution >= 4 is 0 Å². The zero-order valence-corrected chi connectivity index (χ0v) is 13.0. The molecule has 0 bridgehead atoms. The van der Waals surface area contributed by atoms with Gasteiger partial charge in [-0.15, -0.1) is 0 Å². The summed E-state index contributed by atoms with van der Waals surface area (Å²) in [7, 11) is 0. The minimum atomic E-state index is 0.436. The molecule has 0 aliphatic rings. The minimum absolute atomic E-state index is 0.436. The van der Waals surface area contributed by atoms with Crippen LogP contribution in [-0.2, 0) is 6.42 Å². The maximum Gasteiger partial charge on any atom is 0.0669 e. The van der Waals surface area contributed by atoms with E-state index in [-0.39, 0.29) is 0 Å². The molecule has 0 spiro atoms. The van der Waals surface area contributed by atoms with Gasteiger partial charge in [0.05, 0.1) is 11.7 Å². The Balaban J connectivity index is 2.99. The van der Waals surface area contributed by atoms with E-state index in [0.717, 1.165) is 13.0 Å². The molecule has 0 aliphatic carbocycles. The van der Waals surface area contributed by atoms with E-state index in [1.807, 2.05) is 0 Å². The normalized spacial score (nSPS) is 13.6. The van der Waals surface area contributed by atoms with Crippen LogP contribution < -0.4 is 5.32 Å². The number of aromatic nitrogens is 2. The third-order valence-corrected chi connectivity index (χ3v) is 3.65. The van der Waals surface area contributed by atoms with E-state index in [0.29, 0.717) is 18.0 Å². The molecule has 1 rings (SSSR count). The summed E-state index contributed by atoms with van der Waals surface area (Å²) in [4.78, 5) is 0. The van der Waals surface area contributed by atoms with Crippen LogP contribution >= 0.6 is 0 Å². The molecule has 1 N–H and O–H groups in total. The van der Waals surface area contributed by atoms with Crippen LogP contribution in [0.15, 0.2) is 0 Å². The van der Waals surface area contributed by atoms with Crippen molar-refractivity contribution in [1.82, 2.24) is 15.1 Å². The van der Waals surface area contributed by atoms with Crippen LogP contribution in [-0.4, -0.2) is 22.4 Å². The minimum Gasteiger partial charge on any atom is -0.312 e. The van der Waals surface area contributed by atoms with Crippen LogP contribution in [0.4, 0.5) is 0 Å². The fourth-order valence-electron chi connectivity index (χ4n) is 2.49. The highest BCUT2D eigenvalue weighted by molar-refractivity contribution is 5.24. The Labute approximate surface area is 112 Å². The Bertz CT molecular complexity index is 377. The summed E-state index contributed by atoms with van der Waals surface area (Å²) < 4.78 is 2.23. The highest BCUT2D eigenvalue weighted by atomic mass is 15.3. The molecular formula is C15H29N3. The van der Waals surface area contributed by atoms with Gasteiger partial charge in [-0.1, -0.05) is 34.6 Å². The summed E-state index contributed by atoms with van der Waals surface area (Å²) in [5, 5.41) is 8.30. The van der Waals surface area contributed by atoms with E-state index >= 15 is 0 Å². The number of rotatable bonds is 6. The second kappa shape index (κ2) is 6.37. The van der Waals surface area contributed by atoms with Gasteiger partial charge in [-0.25, -0.2) is 0 Å². The monoisotopic (exact) mass is 251 g/mol. The average molecular weight is 251 g/mol. The lowest BCUT2D eigenvalue weighted by molar-refractivity contribution is 0.316. The zero-order valence-electron chi connectivity index (χ0n) is 13.0. The molecule has 0 saturated heterocycles. The van der Waals surface area contributed by atoms with E-state index in [1.54, 1.807) is 0 Å². The maximum atomic E-state index is 4.76. The number of nitrogens with one attached hydrogen (secondary N) is 1. The summed E-state index contributed by atoms with van der Waals surface area (Å²) in [6, 6.07) is 0.959. The molecule has 1 atom stereocenters. The lowest BCUT2D eigenvalue weighted by Gasteiger charge is -2.24. The van der Waals surface area contributed by atoms with E-state index in [4.69, 9.17) is 5.10 Å². The van der Waals surface area contributed by atoms with Crippen LogP contribution in [0, 0.1) is 19.8 Å². The number of hydrogen-bond acceptors (Lipinski definition) is 2. The highest BCUT2D eigenvalue weighted by Crippen LogP contribution is 2.22. The van der Waals surface area contributed by atoms with Crippen molar-refractivity contribution in [2.75, 3.05) is 6.54 Å². The Morgan fingerprint density at radius 2 is 1.78 bits per heavy atom. The van der Waals surface area contributed by atoms with Crippen molar-refractivity contribution < 1.29 is 0 Å². The van der Waals surface area contributed by atoms with Crippen LogP contribution in [0.3, 0.4) is 0 Å². The molecule has 0 radical (unpaired) electrons. The Hall–Kier alpha value is -0.830. The fraction of sp³-hybridized carbons (Fsp3) is 0.800. The van der Waals surface area contributed by atoms with Crippen LogP contribution in [0.2, 0.25) is 0 Å². The van der Waals surface area contributed by atoms with Gasteiger partial charge in [0.25, 0.3) is 0 Å². The Morgan fingerprint density at radius 3 is 2.17 bits per heavy atom. The largest absolute Gasteiger partial charge is 0.312 e. The average Bonchev–Trinajstić information content (AvgIpc) is 2.53. The Kier molecular flexibility index (Phi) is 5.39. The van der Waals surface area contributed by atoms with Crippen molar-refractivity contribution in [2.45, 2.75) is 67.0 Å². The molecule has 3 heteroatoms. The lowest BCUT2D eigenvalue weighted by Crippen LogP contribution is -2.33. The molecule has 18 heavy (non-hydrogen) atoms. The molecule has 0 amide bonds. The van der Waals surface area contributed by atoms with Gasteiger partial charge < -0.3 is 5.32 Å². The smallest absolute Gasteiger partial charge is 0.0669 e. The van der Waals surface area contributed by atoms with Crippen molar-refractivity contribution in [2.24, 2.45) is 5.92 Å². The Morgan fingerprint density at radius 1 is 1.17 bits per heavy atom. The summed E-state index contributed by atoms with van der Waals surface area (Å²) in [5.41, 5.74) is 3.93. The lowest BCUT2D eigenvalue weighted by atomic mass is 10.0. The third-order valence-electron chi connectivity index (χ3n) is 3.65. The third kappa shape index (κ3) is 3.35. The molecule has 104 valence electrons. The van der Waals surface area contributed by atoms with Gasteiger partial charge in [0, 0.05) is 18.3 Å². The molecule has 1 aromatic heterocycles. The molecule has 0 saturated carbocycles. The van der Waals surface area contributed by atoms with Gasteiger partial charge in [0.1, 0.15) is 0 Å². The van der Waals surface area contributed by atoms with Gasteiger partial charge in [0.15, 0.2) is 0 Å². The second-order valence-electron chi connectivity index (χ2n) is 5.82. The van der Waals surface area contributed by atoms with Crippen LogP contribution in [0.25, 0.3) is 0 Å². The summed E-state index contributed by atoms with van der Waals surface area (Å²) >= 11 is 0. The van der Waals surface area contributed by atoms with Gasteiger partial charge >= 0.3 is 0 Å². The predicted molar refractivity (Wildman–Crippen MR) is 78.1 cm³/mol. The van der Waals surface area contributed by atoms with Crippen LogP contribution in [0.5, 0.6) is 0 Å². The highest BCUT2D eigenvalue weighted by Gasteiger charge is 2.20. The van der Waals surface area contributed by atoms with Crippen LogP contribution in [0.1, 0.15) is 57.6 Å². The molecular weight excluding hydrogens is 222 g/mol. The molecule has 1 aromatic rings. The first-order chi connectivity index (χ1) is 8.38. The van der Waals surface area contributed by atoms with Gasteiger partial charge in [-0.3, -0.25) is 4.68 Å². The molecule has 1 heterocycles. The standard InChI is InChI=1S/C15H29N3/c1-8-14-12(6)17-18(13(14)7)15(10(2)3)9-16-11(4)5/h10-11,15-16H,8-9H2,1-7H3. The summed E-state index contributed by atoms with van der Waals surface area (Å²) in [6.45, 7) is 16.4. The summed E-state index contributed by atoms with van der Waals surface area (Å²) in [6.07, 6.45) is 1.07. The van der Waals surface area contributed by atoms with Crippen molar-refractivity contribution in [3.63, 3.8) is 0 Å². The molecule has 1 unspecified atom stereocenters. The molecule has 3 nitrogen and oxygen atoms in total. The van der Waals surface area contributed by atoms with E-state index in [2.05, 4.69) is 58.5 Å². The molecule has 0 aliphatic heterocycles. The quantitative estimate of drug-likeness (QED) is 0.841. The first-order valence-electron chi connectivity index (χ1n) is 7.16. The molecule has 0 fully saturated rings. The fourth-order valence-corrected chi connectivity index (χ4v) is 2.49. The van der Waals surface area contributed by atoms with Crippen molar-refractivity contribution in [3.05, 3.63) is 17.0 Å². The van der Waals surface area contributed by atoms with E-state index < -0.39 is 0 Å². The van der Waals surface area contributed by atoms with Gasteiger partial charge in [-0.05, 0) is 31.7 Å².